The van der Waals surface area contributed by atoms with Gasteiger partial charge in [0.2, 0.25) is 10.0 Å². The quantitative estimate of drug-likeness (QED) is 0.650. The van der Waals surface area contributed by atoms with Gasteiger partial charge in [0.1, 0.15) is 0 Å². The third kappa shape index (κ3) is 7.79. The zero-order valence-electron chi connectivity index (χ0n) is 13.3. The Labute approximate surface area is 136 Å². The van der Waals surface area contributed by atoms with E-state index in [2.05, 4.69) is 6.92 Å². The molecule has 1 unspecified atom stereocenters. The number of piperidine rings is 1. The molecule has 1 atom stereocenters. The second-order valence-electron chi connectivity index (χ2n) is 5.78. The van der Waals surface area contributed by atoms with Crippen molar-refractivity contribution in [1.29, 1.82) is 0 Å². The molecule has 21 heavy (non-hydrogen) atoms. The fourth-order valence-corrected chi connectivity index (χ4v) is 4.52. The predicted octanol–water partition coefficient (Wildman–Crippen LogP) is 2.00. The van der Waals surface area contributed by atoms with Gasteiger partial charge in [-0.05, 0) is 38.1 Å². The van der Waals surface area contributed by atoms with E-state index in [1.807, 2.05) is 6.92 Å². The van der Waals surface area contributed by atoms with E-state index in [1.165, 1.54) is 0 Å². The highest BCUT2D eigenvalue weighted by Crippen LogP contribution is 2.19. The molecule has 7 heteroatoms. The molecule has 1 aliphatic rings. The Kier molecular flexibility index (Phi) is 10.8. The monoisotopic (exact) mass is 342 g/mol. The van der Waals surface area contributed by atoms with Crippen molar-refractivity contribution in [2.24, 2.45) is 11.7 Å². The summed E-state index contributed by atoms with van der Waals surface area (Å²) in [6.45, 7) is 6.62. The molecule has 0 aromatic heterocycles. The molecular formula is C14H31ClN2O3S. The van der Waals surface area contributed by atoms with Crippen LogP contribution in [0.3, 0.4) is 0 Å². The summed E-state index contributed by atoms with van der Waals surface area (Å²) in [6.07, 6.45) is 4.66. The summed E-state index contributed by atoms with van der Waals surface area (Å²) in [5.74, 6) is 0.517. The number of nitrogens with two attached hydrogens (primary N) is 1. The van der Waals surface area contributed by atoms with Crippen molar-refractivity contribution >= 4 is 22.4 Å². The van der Waals surface area contributed by atoms with Crippen molar-refractivity contribution in [2.75, 3.05) is 32.0 Å². The minimum absolute atomic E-state index is 0. The molecule has 5 nitrogen and oxygen atoms in total. The molecule has 0 aromatic rings. The Morgan fingerprint density at radius 2 is 1.95 bits per heavy atom. The maximum Gasteiger partial charge on any atom is 0.214 e. The van der Waals surface area contributed by atoms with Crippen molar-refractivity contribution in [3.05, 3.63) is 0 Å². The largest absolute Gasteiger partial charge is 0.378 e. The topological polar surface area (TPSA) is 72.6 Å². The lowest BCUT2D eigenvalue weighted by Gasteiger charge is -2.31. The molecule has 0 aromatic carbocycles. The first-order chi connectivity index (χ1) is 9.49. The van der Waals surface area contributed by atoms with Gasteiger partial charge >= 0.3 is 0 Å². The van der Waals surface area contributed by atoms with E-state index in [0.29, 0.717) is 26.2 Å². The number of sulfonamides is 1. The average molecular weight is 343 g/mol. The molecule has 0 radical (unpaired) electrons. The van der Waals surface area contributed by atoms with Crippen LogP contribution in [0, 0.1) is 5.92 Å². The van der Waals surface area contributed by atoms with Crippen molar-refractivity contribution in [2.45, 2.75) is 52.1 Å². The summed E-state index contributed by atoms with van der Waals surface area (Å²) < 4.78 is 32.0. The molecule has 0 aliphatic carbocycles. The second-order valence-corrected chi connectivity index (χ2v) is 7.80. The minimum Gasteiger partial charge on any atom is -0.378 e. The van der Waals surface area contributed by atoms with Crippen molar-refractivity contribution in [1.82, 2.24) is 4.31 Å². The summed E-state index contributed by atoms with van der Waals surface area (Å²) in [6, 6.07) is 0. The molecule has 0 amide bonds. The first-order valence-electron chi connectivity index (χ1n) is 7.79. The lowest BCUT2D eigenvalue weighted by Crippen LogP contribution is -2.42. The lowest BCUT2D eigenvalue weighted by molar-refractivity contribution is 0.0208. The molecule has 0 spiro atoms. The standard InChI is InChI=1S/C14H30N2O3S.ClH/c1-3-5-13(2)12-20(17,18)16-9-6-14(7-10-16)19-11-4-8-15;/h13-14H,3-12,15H2,1-2H3;1H. The number of nitrogens with zero attached hydrogens (tertiary/aromatic N) is 1. The summed E-state index contributed by atoms with van der Waals surface area (Å²) in [5, 5.41) is 0. The zero-order chi connectivity index (χ0) is 15.0. The van der Waals surface area contributed by atoms with Gasteiger partial charge < -0.3 is 10.5 Å². The molecule has 1 saturated heterocycles. The Bertz CT molecular complexity index is 357. The van der Waals surface area contributed by atoms with Crippen LogP contribution in [-0.2, 0) is 14.8 Å². The predicted molar refractivity (Wildman–Crippen MR) is 89.3 cm³/mol. The molecule has 1 aliphatic heterocycles. The van der Waals surface area contributed by atoms with Gasteiger partial charge in [-0.1, -0.05) is 20.3 Å². The van der Waals surface area contributed by atoms with Crippen LogP contribution in [0.5, 0.6) is 0 Å². The number of rotatable bonds is 9. The van der Waals surface area contributed by atoms with Crippen LogP contribution in [0.25, 0.3) is 0 Å². The third-order valence-electron chi connectivity index (χ3n) is 3.77. The Morgan fingerprint density at radius 1 is 1.33 bits per heavy atom. The average Bonchev–Trinajstić information content (AvgIpc) is 2.39. The van der Waals surface area contributed by atoms with Gasteiger partial charge in [0.25, 0.3) is 0 Å². The van der Waals surface area contributed by atoms with Crippen LogP contribution in [0.2, 0.25) is 0 Å². The molecule has 1 rings (SSSR count). The van der Waals surface area contributed by atoms with Crippen molar-refractivity contribution in [3.8, 4) is 0 Å². The van der Waals surface area contributed by atoms with E-state index in [9.17, 15) is 8.42 Å². The van der Waals surface area contributed by atoms with E-state index in [4.69, 9.17) is 10.5 Å². The van der Waals surface area contributed by atoms with Gasteiger partial charge in [0, 0.05) is 19.7 Å². The van der Waals surface area contributed by atoms with E-state index in [-0.39, 0.29) is 30.2 Å². The van der Waals surface area contributed by atoms with Crippen LogP contribution < -0.4 is 5.73 Å². The number of hydrogen-bond acceptors (Lipinski definition) is 4. The summed E-state index contributed by atoms with van der Waals surface area (Å²) in [4.78, 5) is 0. The summed E-state index contributed by atoms with van der Waals surface area (Å²) >= 11 is 0. The Hall–Kier alpha value is 0.120. The zero-order valence-corrected chi connectivity index (χ0v) is 14.9. The van der Waals surface area contributed by atoms with Crippen molar-refractivity contribution in [3.63, 3.8) is 0 Å². The maximum atomic E-state index is 12.3. The van der Waals surface area contributed by atoms with Gasteiger partial charge in [0.05, 0.1) is 11.9 Å². The summed E-state index contributed by atoms with van der Waals surface area (Å²) in [5.41, 5.74) is 5.43. The van der Waals surface area contributed by atoms with Crippen LogP contribution in [-0.4, -0.2) is 50.8 Å². The van der Waals surface area contributed by atoms with Crippen LogP contribution in [0.1, 0.15) is 46.0 Å². The van der Waals surface area contributed by atoms with Crippen molar-refractivity contribution < 1.29 is 13.2 Å². The minimum atomic E-state index is -3.10. The SMILES string of the molecule is CCCC(C)CS(=O)(=O)N1CCC(OCCCN)CC1.Cl. The molecule has 0 bridgehead atoms. The van der Waals surface area contributed by atoms with E-state index >= 15 is 0 Å². The van der Waals surface area contributed by atoms with Crippen LogP contribution in [0.4, 0.5) is 0 Å². The molecule has 128 valence electrons. The number of ether oxygens (including phenoxy) is 1. The first-order valence-corrected chi connectivity index (χ1v) is 9.40. The molecular weight excluding hydrogens is 312 g/mol. The van der Waals surface area contributed by atoms with Gasteiger partial charge in [-0.15, -0.1) is 12.4 Å². The fourth-order valence-electron chi connectivity index (χ4n) is 2.65. The molecule has 1 heterocycles. The highest BCUT2D eigenvalue weighted by atomic mass is 35.5. The number of halogens is 1. The maximum absolute atomic E-state index is 12.3. The van der Waals surface area contributed by atoms with E-state index in [1.54, 1.807) is 4.31 Å². The van der Waals surface area contributed by atoms with Crippen LogP contribution >= 0.6 is 12.4 Å². The fraction of sp³-hybridized carbons (Fsp3) is 1.00. The van der Waals surface area contributed by atoms with E-state index < -0.39 is 10.0 Å². The van der Waals surface area contributed by atoms with Gasteiger partial charge in [-0.2, -0.15) is 0 Å². The smallest absolute Gasteiger partial charge is 0.214 e. The van der Waals surface area contributed by atoms with Crippen LogP contribution in [0.15, 0.2) is 0 Å². The first kappa shape index (κ1) is 21.1. The van der Waals surface area contributed by atoms with E-state index in [0.717, 1.165) is 32.1 Å². The highest BCUT2D eigenvalue weighted by molar-refractivity contribution is 7.89. The molecule has 1 fully saturated rings. The molecule has 2 N–H and O–H groups in total. The molecule has 0 saturated carbocycles. The summed E-state index contributed by atoms with van der Waals surface area (Å²) in [7, 11) is -3.10. The second kappa shape index (κ2) is 10.8. The Balaban J connectivity index is 0.00000400. The van der Waals surface area contributed by atoms with Gasteiger partial charge in [-0.25, -0.2) is 12.7 Å². The number of hydrogen-bond donors (Lipinski definition) is 1. The van der Waals surface area contributed by atoms with Gasteiger partial charge in [-0.3, -0.25) is 0 Å². The lowest BCUT2D eigenvalue weighted by atomic mass is 10.1. The third-order valence-corrected chi connectivity index (χ3v) is 5.92. The Morgan fingerprint density at radius 3 is 2.48 bits per heavy atom. The highest BCUT2D eigenvalue weighted by Gasteiger charge is 2.29. The normalized spacial score (nSPS) is 19.2. The van der Waals surface area contributed by atoms with Gasteiger partial charge in [0.15, 0.2) is 0 Å².